The third-order valence-corrected chi connectivity index (χ3v) is 3.24. The molecule has 1 atom stereocenters. The highest BCUT2D eigenvalue weighted by molar-refractivity contribution is 5.96. The lowest BCUT2D eigenvalue weighted by Crippen LogP contribution is -2.42. The standard InChI is InChI=1S/C17H17NO4/c1-22-14-9-7-12(8-10-14)11-15(17(20)21)18-16(19)13-5-3-2-4-6-13/h2-10,15H,11H2,1H3,(H,18,19)(H,20,21). The third-order valence-electron chi connectivity index (χ3n) is 3.24. The molecule has 2 aromatic rings. The number of ether oxygens (including phenoxy) is 1. The van der Waals surface area contributed by atoms with Crippen LogP contribution in [0.4, 0.5) is 0 Å². The molecule has 0 radical (unpaired) electrons. The van der Waals surface area contributed by atoms with Gasteiger partial charge in [0.25, 0.3) is 5.91 Å². The van der Waals surface area contributed by atoms with Gasteiger partial charge >= 0.3 is 5.97 Å². The minimum Gasteiger partial charge on any atom is -0.497 e. The van der Waals surface area contributed by atoms with Gasteiger partial charge in [-0.1, -0.05) is 30.3 Å². The number of hydrogen-bond acceptors (Lipinski definition) is 3. The molecule has 22 heavy (non-hydrogen) atoms. The Kier molecular flexibility index (Phi) is 5.14. The quantitative estimate of drug-likeness (QED) is 0.856. The SMILES string of the molecule is COc1ccc(CC(NC(=O)c2ccccc2)C(=O)O)cc1. The molecule has 0 saturated heterocycles. The van der Waals surface area contributed by atoms with E-state index < -0.39 is 17.9 Å². The topological polar surface area (TPSA) is 75.6 Å². The molecule has 5 nitrogen and oxygen atoms in total. The lowest BCUT2D eigenvalue weighted by atomic mass is 10.1. The summed E-state index contributed by atoms with van der Waals surface area (Å²) in [5, 5.41) is 11.8. The number of carboxylic acid groups (broad SMARTS) is 1. The first-order valence-corrected chi connectivity index (χ1v) is 6.82. The van der Waals surface area contributed by atoms with E-state index in [9.17, 15) is 14.7 Å². The fraction of sp³-hybridized carbons (Fsp3) is 0.176. The van der Waals surface area contributed by atoms with E-state index in [4.69, 9.17) is 4.74 Å². The Morgan fingerprint density at radius 3 is 2.27 bits per heavy atom. The molecule has 1 amide bonds. The maximum absolute atomic E-state index is 12.1. The fourth-order valence-electron chi connectivity index (χ4n) is 2.03. The van der Waals surface area contributed by atoms with Crippen LogP contribution >= 0.6 is 0 Å². The van der Waals surface area contributed by atoms with Gasteiger partial charge in [-0.2, -0.15) is 0 Å². The van der Waals surface area contributed by atoms with Crippen LogP contribution in [0.1, 0.15) is 15.9 Å². The Balaban J connectivity index is 2.06. The van der Waals surface area contributed by atoms with Crippen molar-refractivity contribution >= 4 is 11.9 Å². The molecule has 0 aliphatic rings. The van der Waals surface area contributed by atoms with Crippen LogP contribution in [0.15, 0.2) is 54.6 Å². The zero-order chi connectivity index (χ0) is 15.9. The predicted molar refractivity (Wildman–Crippen MR) is 82.0 cm³/mol. The van der Waals surface area contributed by atoms with Crippen LogP contribution in [-0.2, 0) is 11.2 Å². The van der Waals surface area contributed by atoms with Crippen molar-refractivity contribution in [3.05, 3.63) is 65.7 Å². The van der Waals surface area contributed by atoms with E-state index >= 15 is 0 Å². The Labute approximate surface area is 128 Å². The van der Waals surface area contributed by atoms with Crippen LogP contribution in [0.2, 0.25) is 0 Å². The number of aliphatic carboxylic acids is 1. The second-order valence-corrected chi connectivity index (χ2v) is 4.78. The van der Waals surface area contributed by atoms with E-state index in [0.717, 1.165) is 5.56 Å². The Hall–Kier alpha value is -2.82. The monoisotopic (exact) mass is 299 g/mol. The maximum Gasteiger partial charge on any atom is 0.326 e. The van der Waals surface area contributed by atoms with Gasteiger partial charge in [-0.15, -0.1) is 0 Å². The second-order valence-electron chi connectivity index (χ2n) is 4.78. The first kappa shape index (κ1) is 15.6. The van der Waals surface area contributed by atoms with Crippen molar-refractivity contribution < 1.29 is 19.4 Å². The van der Waals surface area contributed by atoms with Crippen LogP contribution < -0.4 is 10.1 Å². The van der Waals surface area contributed by atoms with Gasteiger partial charge in [0.05, 0.1) is 7.11 Å². The summed E-state index contributed by atoms with van der Waals surface area (Å²) in [6.45, 7) is 0. The minimum absolute atomic E-state index is 0.206. The van der Waals surface area contributed by atoms with E-state index in [1.54, 1.807) is 61.7 Å². The predicted octanol–water partition coefficient (Wildman–Crippen LogP) is 2.12. The number of carbonyl (C=O) groups excluding carboxylic acids is 1. The molecular weight excluding hydrogens is 282 g/mol. The number of amides is 1. The van der Waals surface area contributed by atoms with Gasteiger partial charge in [-0.05, 0) is 29.8 Å². The van der Waals surface area contributed by atoms with Crippen LogP contribution in [0.25, 0.3) is 0 Å². The Morgan fingerprint density at radius 2 is 1.73 bits per heavy atom. The zero-order valence-electron chi connectivity index (χ0n) is 12.2. The number of nitrogens with one attached hydrogen (secondary N) is 1. The number of carbonyl (C=O) groups is 2. The van der Waals surface area contributed by atoms with E-state index in [0.29, 0.717) is 11.3 Å². The largest absolute Gasteiger partial charge is 0.497 e. The lowest BCUT2D eigenvalue weighted by molar-refractivity contribution is -0.139. The highest BCUT2D eigenvalue weighted by atomic mass is 16.5. The summed E-state index contributed by atoms with van der Waals surface area (Å²) in [6.07, 6.45) is 0.206. The molecule has 0 heterocycles. The molecule has 5 heteroatoms. The van der Waals surface area contributed by atoms with Crippen LogP contribution in [0, 0.1) is 0 Å². The van der Waals surface area contributed by atoms with Crippen molar-refractivity contribution in [2.45, 2.75) is 12.5 Å². The molecule has 0 aliphatic carbocycles. The summed E-state index contributed by atoms with van der Waals surface area (Å²) >= 11 is 0. The van der Waals surface area contributed by atoms with Crippen molar-refractivity contribution in [3.63, 3.8) is 0 Å². The smallest absolute Gasteiger partial charge is 0.326 e. The first-order chi connectivity index (χ1) is 10.6. The molecule has 0 fully saturated rings. The summed E-state index contributed by atoms with van der Waals surface area (Å²) in [4.78, 5) is 23.4. The van der Waals surface area contributed by atoms with Gasteiger partial charge in [-0.3, -0.25) is 4.79 Å². The third kappa shape index (κ3) is 4.09. The van der Waals surface area contributed by atoms with Crippen molar-refractivity contribution in [2.75, 3.05) is 7.11 Å². The molecule has 2 N–H and O–H groups in total. The second kappa shape index (κ2) is 7.26. The summed E-state index contributed by atoms with van der Waals surface area (Å²) in [5.41, 5.74) is 1.24. The number of methoxy groups -OCH3 is 1. The van der Waals surface area contributed by atoms with E-state index in [2.05, 4.69) is 5.32 Å². The van der Waals surface area contributed by atoms with Gasteiger partial charge in [0, 0.05) is 12.0 Å². The fourth-order valence-corrected chi connectivity index (χ4v) is 2.03. The average Bonchev–Trinajstić information content (AvgIpc) is 2.55. The van der Waals surface area contributed by atoms with Gasteiger partial charge in [0.15, 0.2) is 0 Å². The molecule has 1 unspecified atom stereocenters. The van der Waals surface area contributed by atoms with Crippen LogP contribution in [0.3, 0.4) is 0 Å². The highest BCUT2D eigenvalue weighted by Crippen LogP contribution is 2.13. The lowest BCUT2D eigenvalue weighted by Gasteiger charge is -2.15. The molecule has 2 rings (SSSR count). The van der Waals surface area contributed by atoms with Gasteiger partial charge in [0.2, 0.25) is 0 Å². The summed E-state index contributed by atoms with van der Waals surface area (Å²) < 4.78 is 5.06. The molecule has 114 valence electrons. The van der Waals surface area contributed by atoms with Crippen molar-refractivity contribution in [3.8, 4) is 5.75 Å². The Bertz CT molecular complexity index is 637. The summed E-state index contributed by atoms with van der Waals surface area (Å²) in [5.74, 6) is -0.773. The highest BCUT2D eigenvalue weighted by Gasteiger charge is 2.21. The zero-order valence-corrected chi connectivity index (χ0v) is 12.2. The molecule has 0 aromatic heterocycles. The van der Waals surface area contributed by atoms with Crippen LogP contribution in [0.5, 0.6) is 5.75 Å². The normalized spacial score (nSPS) is 11.5. The molecule has 0 spiro atoms. The van der Waals surface area contributed by atoms with Gasteiger partial charge in [-0.25, -0.2) is 4.79 Å². The minimum atomic E-state index is -1.07. The molecule has 0 bridgehead atoms. The summed E-state index contributed by atoms with van der Waals surface area (Å²) in [7, 11) is 1.56. The first-order valence-electron chi connectivity index (χ1n) is 6.82. The van der Waals surface area contributed by atoms with Crippen LogP contribution in [-0.4, -0.2) is 30.1 Å². The molecule has 0 aliphatic heterocycles. The van der Waals surface area contributed by atoms with Gasteiger partial charge in [0.1, 0.15) is 11.8 Å². The Morgan fingerprint density at radius 1 is 1.09 bits per heavy atom. The molecule has 2 aromatic carbocycles. The number of rotatable bonds is 6. The van der Waals surface area contributed by atoms with E-state index in [-0.39, 0.29) is 6.42 Å². The van der Waals surface area contributed by atoms with E-state index in [1.807, 2.05) is 0 Å². The number of hydrogen-bond donors (Lipinski definition) is 2. The van der Waals surface area contributed by atoms with E-state index in [1.165, 1.54) is 0 Å². The number of benzene rings is 2. The molecule has 0 saturated carbocycles. The van der Waals surface area contributed by atoms with Crippen molar-refractivity contribution in [2.24, 2.45) is 0 Å². The molecular formula is C17H17NO4. The van der Waals surface area contributed by atoms with Crippen molar-refractivity contribution in [1.29, 1.82) is 0 Å². The van der Waals surface area contributed by atoms with Crippen molar-refractivity contribution in [1.82, 2.24) is 5.32 Å². The maximum atomic E-state index is 12.1. The van der Waals surface area contributed by atoms with Gasteiger partial charge < -0.3 is 15.2 Å². The summed E-state index contributed by atoms with van der Waals surface area (Å²) in [6, 6.07) is 14.6. The number of carboxylic acids is 1. The average molecular weight is 299 g/mol.